The summed E-state index contributed by atoms with van der Waals surface area (Å²) in [6, 6.07) is 6.66. The molecule has 0 heterocycles. The molecular weight excluding hydrogens is 194 g/mol. The molecule has 0 fully saturated rings. The second kappa shape index (κ2) is 4.86. The van der Waals surface area contributed by atoms with E-state index in [4.69, 9.17) is 21.5 Å². The molecule has 0 atom stereocenters. The number of hydrogen-bond acceptors (Lipinski definition) is 4. The standard InChI is InChI=1S/C10H11N3O2/c11-6-7-1-2-9(8(12)5-7)15-4-3-10(13)14/h1-2,5H,3-4,12H2,(H2,13,14). The summed E-state index contributed by atoms with van der Waals surface area (Å²) in [7, 11) is 0. The molecule has 5 nitrogen and oxygen atoms in total. The number of carbonyl (C=O) groups is 1. The average Bonchev–Trinajstić information content (AvgIpc) is 2.20. The Morgan fingerprint density at radius 3 is 2.80 bits per heavy atom. The molecule has 1 rings (SSSR count). The summed E-state index contributed by atoms with van der Waals surface area (Å²) in [5, 5.41) is 8.59. The number of rotatable bonds is 4. The Kier molecular flexibility index (Phi) is 3.52. The van der Waals surface area contributed by atoms with Gasteiger partial charge in [0, 0.05) is 0 Å². The highest BCUT2D eigenvalue weighted by molar-refractivity contribution is 5.73. The molecule has 0 aliphatic carbocycles. The Labute approximate surface area is 87.2 Å². The van der Waals surface area contributed by atoms with Crippen molar-refractivity contribution >= 4 is 11.6 Å². The van der Waals surface area contributed by atoms with E-state index in [1.165, 1.54) is 6.07 Å². The second-order valence-electron chi connectivity index (χ2n) is 2.93. The lowest BCUT2D eigenvalue weighted by Crippen LogP contribution is -2.14. The van der Waals surface area contributed by atoms with Crippen molar-refractivity contribution in [3.63, 3.8) is 0 Å². The van der Waals surface area contributed by atoms with Crippen molar-refractivity contribution < 1.29 is 9.53 Å². The van der Waals surface area contributed by atoms with Gasteiger partial charge in [0.25, 0.3) is 0 Å². The van der Waals surface area contributed by atoms with E-state index in [9.17, 15) is 4.79 Å². The van der Waals surface area contributed by atoms with Gasteiger partial charge in [0.15, 0.2) is 0 Å². The number of hydrogen-bond donors (Lipinski definition) is 2. The fourth-order valence-corrected chi connectivity index (χ4v) is 1.01. The van der Waals surface area contributed by atoms with Gasteiger partial charge in [0.1, 0.15) is 5.75 Å². The van der Waals surface area contributed by atoms with Crippen LogP contribution in [0.1, 0.15) is 12.0 Å². The number of benzene rings is 1. The van der Waals surface area contributed by atoms with Gasteiger partial charge in [0.2, 0.25) is 5.91 Å². The van der Waals surface area contributed by atoms with Crippen LogP contribution in [-0.4, -0.2) is 12.5 Å². The van der Waals surface area contributed by atoms with Crippen molar-refractivity contribution in [1.82, 2.24) is 0 Å². The lowest BCUT2D eigenvalue weighted by molar-refractivity contribution is -0.118. The number of anilines is 1. The molecular formula is C10H11N3O2. The average molecular weight is 205 g/mol. The molecule has 0 saturated carbocycles. The van der Waals surface area contributed by atoms with Gasteiger partial charge in [-0.25, -0.2) is 0 Å². The maximum atomic E-state index is 10.4. The zero-order chi connectivity index (χ0) is 11.3. The van der Waals surface area contributed by atoms with Crippen molar-refractivity contribution in [3.05, 3.63) is 23.8 Å². The highest BCUT2D eigenvalue weighted by atomic mass is 16.5. The summed E-state index contributed by atoms with van der Waals surface area (Å²) in [5.41, 5.74) is 11.4. The summed E-state index contributed by atoms with van der Waals surface area (Å²) >= 11 is 0. The zero-order valence-corrected chi connectivity index (χ0v) is 8.06. The van der Waals surface area contributed by atoms with Crippen LogP contribution in [0.4, 0.5) is 5.69 Å². The summed E-state index contributed by atoms with van der Waals surface area (Å²) in [6.45, 7) is 0.186. The van der Waals surface area contributed by atoms with E-state index in [0.29, 0.717) is 17.0 Å². The number of nitrogen functional groups attached to an aromatic ring is 1. The van der Waals surface area contributed by atoms with E-state index in [1.807, 2.05) is 6.07 Å². The van der Waals surface area contributed by atoms with Gasteiger partial charge in [-0.1, -0.05) is 0 Å². The molecule has 0 unspecified atom stereocenters. The topological polar surface area (TPSA) is 102 Å². The van der Waals surface area contributed by atoms with E-state index < -0.39 is 5.91 Å². The van der Waals surface area contributed by atoms with Gasteiger partial charge in [-0.2, -0.15) is 5.26 Å². The molecule has 0 radical (unpaired) electrons. The highest BCUT2D eigenvalue weighted by Gasteiger charge is 2.02. The van der Waals surface area contributed by atoms with Crippen LogP contribution in [0, 0.1) is 11.3 Å². The van der Waals surface area contributed by atoms with Crippen LogP contribution in [0.2, 0.25) is 0 Å². The van der Waals surface area contributed by atoms with Crippen LogP contribution in [0.25, 0.3) is 0 Å². The number of nitrogens with zero attached hydrogens (tertiary/aromatic N) is 1. The van der Waals surface area contributed by atoms with Crippen LogP contribution < -0.4 is 16.2 Å². The number of nitriles is 1. The summed E-state index contributed by atoms with van der Waals surface area (Å²) in [6.07, 6.45) is 0.138. The Bertz CT molecular complexity index is 410. The van der Waals surface area contributed by atoms with E-state index in [1.54, 1.807) is 12.1 Å². The van der Waals surface area contributed by atoms with Crippen molar-refractivity contribution in [1.29, 1.82) is 5.26 Å². The minimum atomic E-state index is -0.429. The first-order valence-electron chi connectivity index (χ1n) is 4.34. The summed E-state index contributed by atoms with van der Waals surface area (Å²) in [5.74, 6) is 0.0254. The van der Waals surface area contributed by atoms with Gasteiger partial charge in [-0.05, 0) is 18.2 Å². The largest absolute Gasteiger partial charge is 0.491 e. The van der Waals surface area contributed by atoms with Crippen molar-refractivity contribution in [2.45, 2.75) is 6.42 Å². The highest BCUT2D eigenvalue weighted by Crippen LogP contribution is 2.22. The molecule has 15 heavy (non-hydrogen) atoms. The van der Waals surface area contributed by atoms with Crippen molar-refractivity contribution in [3.8, 4) is 11.8 Å². The predicted molar refractivity (Wildman–Crippen MR) is 54.9 cm³/mol. The quantitative estimate of drug-likeness (QED) is 0.694. The fourth-order valence-electron chi connectivity index (χ4n) is 1.01. The van der Waals surface area contributed by atoms with Gasteiger partial charge in [0.05, 0.1) is 30.3 Å². The predicted octanol–water partition coefficient (Wildman–Crippen LogP) is 0.395. The Morgan fingerprint density at radius 2 is 2.27 bits per heavy atom. The van der Waals surface area contributed by atoms with Crippen LogP contribution >= 0.6 is 0 Å². The van der Waals surface area contributed by atoms with Gasteiger partial charge >= 0.3 is 0 Å². The summed E-state index contributed by atoms with van der Waals surface area (Å²) in [4.78, 5) is 10.4. The van der Waals surface area contributed by atoms with Crippen LogP contribution in [-0.2, 0) is 4.79 Å². The summed E-state index contributed by atoms with van der Waals surface area (Å²) < 4.78 is 5.21. The van der Waals surface area contributed by atoms with Crippen molar-refractivity contribution in [2.24, 2.45) is 5.73 Å². The van der Waals surface area contributed by atoms with E-state index in [-0.39, 0.29) is 13.0 Å². The van der Waals surface area contributed by atoms with E-state index in [2.05, 4.69) is 0 Å². The number of nitrogens with two attached hydrogens (primary N) is 2. The second-order valence-corrected chi connectivity index (χ2v) is 2.93. The third kappa shape index (κ3) is 3.19. The lowest BCUT2D eigenvalue weighted by atomic mass is 10.2. The van der Waals surface area contributed by atoms with Gasteiger partial charge in [-0.15, -0.1) is 0 Å². The van der Waals surface area contributed by atoms with E-state index >= 15 is 0 Å². The third-order valence-corrected chi connectivity index (χ3v) is 1.74. The molecule has 5 heteroatoms. The maximum absolute atomic E-state index is 10.4. The maximum Gasteiger partial charge on any atom is 0.220 e. The fraction of sp³-hybridized carbons (Fsp3) is 0.200. The first kappa shape index (κ1) is 10.9. The minimum Gasteiger partial charge on any atom is -0.491 e. The van der Waals surface area contributed by atoms with Gasteiger partial charge < -0.3 is 16.2 Å². The SMILES string of the molecule is N#Cc1ccc(OCCC(N)=O)c(N)c1. The molecule has 0 saturated heterocycles. The molecule has 1 aromatic carbocycles. The molecule has 0 aliphatic rings. The molecule has 0 bridgehead atoms. The van der Waals surface area contributed by atoms with Crippen LogP contribution in [0.3, 0.4) is 0 Å². The molecule has 4 N–H and O–H groups in total. The van der Waals surface area contributed by atoms with E-state index in [0.717, 1.165) is 0 Å². The molecule has 0 aromatic heterocycles. The molecule has 0 aliphatic heterocycles. The number of ether oxygens (including phenoxy) is 1. The Morgan fingerprint density at radius 1 is 1.53 bits per heavy atom. The third-order valence-electron chi connectivity index (χ3n) is 1.74. The Balaban J connectivity index is 2.63. The minimum absolute atomic E-state index is 0.138. The van der Waals surface area contributed by atoms with Crippen LogP contribution in [0.5, 0.6) is 5.75 Å². The molecule has 78 valence electrons. The number of primary amides is 1. The number of carbonyl (C=O) groups excluding carboxylic acids is 1. The smallest absolute Gasteiger partial charge is 0.220 e. The monoisotopic (exact) mass is 205 g/mol. The normalized spacial score (nSPS) is 9.27. The lowest BCUT2D eigenvalue weighted by Gasteiger charge is -2.07. The first-order chi connectivity index (χ1) is 7.13. The molecule has 1 aromatic rings. The number of amides is 1. The van der Waals surface area contributed by atoms with Crippen molar-refractivity contribution in [2.75, 3.05) is 12.3 Å². The Hall–Kier alpha value is -2.22. The van der Waals surface area contributed by atoms with Gasteiger partial charge in [-0.3, -0.25) is 4.79 Å². The molecule has 1 amide bonds. The van der Waals surface area contributed by atoms with Crippen LogP contribution in [0.15, 0.2) is 18.2 Å². The zero-order valence-electron chi connectivity index (χ0n) is 8.06. The molecule has 0 spiro atoms. The first-order valence-corrected chi connectivity index (χ1v) is 4.34.